The van der Waals surface area contributed by atoms with Crippen molar-refractivity contribution in [2.75, 3.05) is 33.4 Å². The molecule has 1 amide bonds. The number of piperidine rings is 1. The Morgan fingerprint density at radius 2 is 1.93 bits per heavy atom. The number of pyridine rings is 1. The van der Waals surface area contributed by atoms with Crippen LogP contribution in [0.25, 0.3) is 0 Å². The van der Waals surface area contributed by atoms with Crippen molar-refractivity contribution in [1.29, 1.82) is 0 Å². The smallest absolute Gasteiger partial charge is 0.230 e. The number of benzene rings is 1. The van der Waals surface area contributed by atoms with Gasteiger partial charge in [0.1, 0.15) is 0 Å². The van der Waals surface area contributed by atoms with Crippen LogP contribution in [0.5, 0.6) is 0 Å². The molecule has 4 rings (SSSR count). The highest BCUT2D eigenvalue weighted by Gasteiger charge is 2.51. The van der Waals surface area contributed by atoms with Gasteiger partial charge in [0.15, 0.2) is 0 Å². The average molecular weight is 380 g/mol. The number of methoxy groups -OCH3 is 1. The van der Waals surface area contributed by atoms with E-state index in [4.69, 9.17) is 4.74 Å². The van der Waals surface area contributed by atoms with Gasteiger partial charge in [-0.25, -0.2) is 0 Å². The summed E-state index contributed by atoms with van der Waals surface area (Å²) in [6.07, 6.45) is 6.72. The summed E-state index contributed by atoms with van der Waals surface area (Å²) in [5.74, 6) is 0.242. The Hall–Kier alpha value is -2.24. The first-order chi connectivity index (χ1) is 13.7. The van der Waals surface area contributed by atoms with Crippen LogP contribution in [-0.2, 0) is 16.1 Å². The van der Waals surface area contributed by atoms with Crippen molar-refractivity contribution in [3.8, 4) is 0 Å². The standard InChI is InChI=1S/C23H29N3O2/c1-28-15-14-26-22(27)21(20-7-3-2-4-8-20)16-23(26)9-12-25(13-10-23)18-19-6-5-11-24-17-19/h2-8,11,17,21H,9-10,12-16,18H2,1H3. The quantitative estimate of drug-likeness (QED) is 0.774. The fourth-order valence-corrected chi connectivity index (χ4v) is 4.83. The molecule has 1 aromatic heterocycles. The number of carbonyl (C=O) groups is 1. The molecule has 0 bridgehead atoms. The number of ether oxygens (including phenoxy) is 1. The molecule has 1 spiro atoms. The largest absolute Gasteiger partial charge is 0.383 e. The van der Waals surface area contributed by atoms with E-state index in [0.29, 0.717) is 13.2 Å². The fourth-order valence-electron chi connectivity index (χ4n) is 4.83. The van der Waals surface area contributed by atoms with Gasteiger partial charge in [-0.3, -0.25) is 14.7 Å². The third-order valence-electron chi connectivity index (χ3n) is 6.36. The summed E-state index contributed by atoms with van der Waals surface area (Å²) < 4.78 is 5.32. The summed E-state index contributed by atoms with van der Waals surface area (Å²) in [6, 6.07) is 14.4. The minimum Gasteiger partial charge on any atom is -0.383 e. The highest BCUT2D eigenvalue weighted by Crippen LogP contribution is 2.45. The number of rotatable bonds is 6. The first kappa shape index (κ1) is 19.1. The zero-order valence-electron chi connectivity index (χ0n) is 16.6. The molecule has 1 unspecified atom stereocenters. The van der Waals surface area contributed by atoms with Gasteiger partial charge in [-0.2, -0.15) is 0 Å². The van der Waals surface area contributed by atoms with Crippen LogP contribution in [0.2, 0.25) is 0 Å². The van der Waals surface area contributed by atoms with Crippen molar-refractivity contribution in [2.45, 2.75) is 37.3 Å². The van der Waals surface area contributed by atoms with Crippen LogP contribution in [0.1, 0.15) is 36.3 Å². The van der Waals surface area contributed by atoms with Gasteiger partial charge in [-0.1, -0.05) is 36.4 Å². The van der Waals surface area contributed by atoms with Crippen LogP contribution in [0, 0.1) is 0 Å². The average Bonchev–Trinajstić information content (AvgIpc) is 3.01. The molecule has 0 saturated carbocycles. The summed E-state index contributed by atoms with van der Waals surface area (Å²) >= 11 is 0. The molecule has 1 aromatic carbocycles. The van der Waals surface area contributed by atoms with Gasteiger partial charge in [0.05, 0.1) is 12.5 Å². The topological polar surface area (TPSA) is 45.7 Å². The number of hydrogen-bond acceptors (Lipinski definition) is 4. The van der Waals surface area contributed by atoms with E-state index in [1.54, 1.807) is 7.11 Å². The van der Waals surface area contributed by atoms with E-state index in [-0.39, 0.29) is 17.4 Å². The third-order valence-corrected chi connectivity index (χ3v) is 6.36. The molecule has 28 heavy (non-hydrogen) atoms. The molecule has 2 aromatic rings. The molecule has 5 nitrogen and oxygen atoms in total. The minimum atomic E-state index is -0.0401. The second-order valence-corrected chi connectivity index (χ2v) is 8.01. The maximum absolute atomic E-state index is 13.3. The van der Waals surface area contributed by atoms with Gasteiger partial charge >= 0.3 is 0 Å². The number of likely N-dealkylation sites (tertiary alicyclic amines) is 2. The third kappa shape index (κ3) is 3.82. The van der Waals surface area contributed by atoms with Crippen molar-refractivity contribution >= 4 is 5.91 Å². The number of amides is 1. The van der Waals surface area contributed by atoms with E-state index < -0.39 is 0 Å². The van der Waals surface area contributed by atoms with E-state index in [2.05, 4.69) is 33.0 Å². The summed E-state index contributed by atoms with van der Waals surface area (Å²) in [5, 5.41) is 0. The van der Waals surface area contributed by atoms with Crippen LogP contribution < -0.4 is 0 Å². The second kappa shape index (κ2) is 8.41. The molecular weight excluding hydrogens is 350 g/mol. The van der Waals surface area contributed by atoms with E-state index in [1.165, 1.54) is 5.56 Å². The minimum absolute atomic E-state index is 0.0251. The summed E-state index contributed by atoms with van der Waals surface area (Å²) in [4.78, 5) is 22.2. The van der Waals surface area contributed by atoms with Crippen LogP contribution in [-0.4, -0.2) is 59.6 Å². The lowest BCUT2D eigenvalue weighted by molar-refractivity contribution is -0.134. The Labute approximate surface area is 167 Å². The number of carbonyl (C=O) groups excluding carboxylic acids is 1. The first-order valence-corrected chi connectivity index (χ1v) is 10.2. The van der Waals surface area contributed by atoms with E-state index >= 15 is 0 Å². The highest BCUT2D eigenvalue weighted by molar-refractivity contribution is 5.87. The Balaban J connectivity index is 1.49. The van der Waals surface area contributed by atoms with E-state index in [1.807, 2.05) is 36.7 Å². The zero-order chi connectivity index (χ0) is 19.4. The lowest BCUT2D eigenvalue weighted by Crippen LogP contribution is -2.53. The highest BCUT2D eigenvalue weighted by atomic mass is 16.5. The number of hydrogen-bond donors (Lipinski definition) is 0. The maximum atomic E-state index is 13.3. The Bertz CT molecular complexity index is 773. The molecule has 0 aliphatic carbocycles. The van der Waals surface area contributed by atoms with Gasteiger partial charge < -0.3 is 9.64 Å². The monoisotopic (exact) mass is 379 g/mol. The van der Waals surface area contributed by atoms with Crippen molar-refractivity contribution in [1.82, 2.24) is 14.8 Å². The van der Waals surface area contributed by atoms with E-state index in [9.17, 15) is 4.79 Å². The Kier molecular flexibility index (Phi) is 5.74. The van der Waals surface area contributed by atoms with E-state index in [0.717, 1.165) is 44.5 Å². The SMILES string of the molecule is COCCN1C(=O)C(c2ccccc2)CC12CCN(Cc1cccnc1)CC2. The predicted molar refractivity (Wildman–Crippen MR) is 109 cm³/mol. The molecule has 3 heterocycles. The predicted octanol–water partition coefficient (Wildman–Crippen LogP) is 3.08. The molecule has 2 aliphatic heterocycles. The van der Waals surface area contributed by atoms with Gasteiger partial charge in [0.25, 0.3) is 0 Å². The fraction of sp³-hybridized carbons (Fsp3) is 0.478. The molecule has 148 valence electrons. The van der Waals surface area contributed by atoms with Gasteiger partial charge in [-0.05, 0) is 36.5 Å². The Morgan fingerprint density at radius 1 is 1.14 bits per heavy atom. The van der Waals surface area contributed by atoms with Crippen molar-refractivity contribution in [2.24, 2.45) is 0 Å². The van der Waals surface area contributed by atoms with Gasteiger partial charge in [0.2, 0.25) is 5.91 Å². The molecule has 2 aliphatic rings. The lowest BCUT2D eigenvalue weighted by atomic mass is 9.81. The normalized spacial score (nSPS) is 22.1. The zero-order valence-corrected chi connectivity index (χ0v) is 16.6. The van der Waals surface area contributed by atoms with Crippen molar-refractivity contribution < 1.29 is 9.53 Å². The van der Waals surface area contributed by atoms with Crippen molar-refractivity contribution in [3.05, 3.63) is 66.0 Å². The van der Waals surface area contributed by atoms with Crippen LogP contribution >= 0.6 is 0 Å². The molecule has 2 saturated heterocycles. The molecule has 0 radical (unpaired) electrons. The molecule has 0 N–H and O–H groups in total. The lowest BCUT2D eigenvalue weighted by Gasteiger charge is -2.45. The molecule has 1 atom stereocenters. The van der Waals surface area contributed by atoms with Gasteiger partial charge in [0, 0.05) is 51.2 Å². The molecular formula is C23H29N3O2. The summed E-state index contributed by atoms with van der Waals surface area (Å²) in [6.45, 7) is 4.22. The van der Waals surface area contributed by atoms with Crippen LogP contribution in [0.4, 0.5) is 0 Å². The molecule has 2 fully saturated rings. The van der Waals surface area contributed by atoms with Gasteiger partial charge in [-0.15, -0.1) is 0 Å². The van der Waals surface area contributed by atoms with Crippen molar-refractivity contribution in [3.63, 3.8) is 0 Å². The maximum Gasteiger partial charge on any atom is 0.230 e. The summed E-state index contributed by atoms with van der Waals surface area (Å²) in [7, 11) is 1.71. The van der Waals surface area contributed by atoms with Crippen LogP contribution in [0.15, 0.2) is 54.9 Å². The van der Waals surface area contributed by atoms with Crippen LogP contribution in [0.3, 0.4) is 0 Å². The Morgan fingerprint density at radius 3 is 2.61 bits per heavy atom. The second-order valence-electron chi connectivity index (χ2n) is 8.01. The molecule has 5 heteroatoms. The number of nitrogens with zero attached hydrogens (tertiary/aromatic N) is 3. The number of aromatic nitrogens is 1. The summed E-state index contributed by atoms with van der Waals surface area (Å²) in [5.41, 5.74) is 2.35. The first-order valence-electron chi connectivity index (χ1n) is 10.2.